The van der Waals surface area contributed by atoms with Gasteiger partial charge in [-0.3, -0.25) is 10.2 Å². The summed E-state index contributed by atoms with van der Waals surface area (Å²) in [5, 5.41) is 0.649. The summed E-state index contributed by atoms with van der Waals surface area (Å²) in [6.45, 7) is 3.86. The van der Waals surface area contributed by atoms with E-state index in [1.165, 1.54) is 31.0 Å². The number of hydrogen-bond acceptors (Lipinski definition) is 5. The Kier molecular flexibility index (Phi) is 6.04. The smallest absolute Gasteiger partial charge is 0.248 e. The average Bonchev–Trinajstić information content (AvgIpc) is 2.70. The second kappa shape index (κ2) is 8.02. The molecule has 2 N–H and O–H groups in total. The van der Waals surface area contributed by atoms with Crippen molar-refractivity contribution in [3.63, 3.8) is 0 Å². The van der Waals surface area contributed by atoms with E-state index in [9.17, 15) is 4.79 Å². The highest BCUT2D eigenvalue weighted by atomic mass is 32.2. The monoisotopic (exact) mass is 306 g/mol. The summed E-state index contributed by atoms with van der Waals surface area (Å²) >= 11 is 1.35. The first-order valence-electron chi connectivity index (χ1n) is 7.32. The number of nitrogens with one attached hydrogen (secondary N) is 2. The standard InChI is InChI=1S/C15H22N4OS/c1-11-9-12(2)17-15(16-11)21-10-14(20)19-18-13-7-5-3-4-6-8-13/h7,9,18H,3-6,8,10H2,1-2H3,(H,19,20). The Morgan fingerprint density at radius 1 is 1.24 bits per heavy atom. The zero-order valence-electron chi connectivity index (χ0n) is 12.6. The van der Waals surface area contributed by atoms with Crippen LogP contribution in [0.2, 0.25) is 0 Å². The third kappa shape index (κ3) is 5.75. The highest BCUT2D eigenvalue weighted by Gasteiger charge is 2.07. The summed E-state index contributed by atoms with van der Waals surface area (Å²) in [6.07, 6.45) is 7.94. The van der Waals surface area contributed by atoms with Crippen molar-refractivity contribution in [2.75, 3.05) is 5.75 Å². The lowest BCUT2D eigenvalue weighted by atomic mass is 10.2. The Balaban J connectivity index is 1.75. The number of allylic oxidation sites excluding steroid dienone is 2. The Morgan fingerprint density at radius 2 is 2.00 bits per heavy atom. The molecule has 6 heteroatoms. The third-order valence-corrected chi connectivity index (χ3v) is 4.04. The van der Waals surface area contributed by atoms with Gasteiger partial charge in [0.1, 0.15) is 0 Å². The SMILES string of the molecule is Cc1cc(C)nc(SCC(=O)NNC2=CCCCCC2)n1. The number of carbonyl (C=O) groups excluding carboxylic acids is 1. The van der Waals surface area contributed by atoms with Crippen molar-refractivity contribution in [3.8, 4) is 0 Å². The maximum Gasteiger partial charge on any atom is 0.248 e. The van der Waals surface area contributed by atoms with Crippen LogP contribution in [0.15, 0.2) is 23.0 Å². The minimum Gasteiger partial charge on any atom is -0.303 e. The van der Waals surface area contributed by atoms with E-state index >= 15 is 0 Å². The average molecular weight is 306 g/mol. The maximum absolute atomic E-state index is 11.8. The molecule has 1 heterocycles. The summed E-state index contributed by atoms with van der Waals surface area (Å²) in [7, 11) is 0. The number of thioether (sulfide) groups is 1. The van der Waals surface area contributed by atoms with Crippen molar-refractivity contribution >= 4 is 17.7 Å². The lowest BCUT2D eigenvalue weighted by molar-refractivity contribution is -0.119. The number of amides is 1. The number of nitrogens with zero attached hydrogens (tertiary/aromatic N) is 2. The molecule has 0 unspecified atom stereocenters. The van der Waals surface area contributed by atoms with E-state index < -0.39 is 0 Å². The van der Waals surface area contributed by atoms with Crippen LogP contribution in [-0.2, 0) is 4.79 Å². The molecule has 1 aliphatic carbocycles. The molecule has 0 atom stereocenters. The summed E-state index contributed by atoms with van der Waals surface area (Å²) in [5.74, 6) is 0.247. The molecule has 1 aromatic heterocycles. The molecule has 0 bridgehead atoms. The van der Waals surface area contributed by atoms with Crippen LogP contribution in [0.5, 0.6) is 0 Å². The van der Waals surface area contributed by atoms with Crippen LogP contribution >= 0.6 is 11.8 Å². The van der Waals surface area contributed by atoms with Gasteiger partial charge in [-0.25, -0.2) is 9.97 Å². The molecule has 0 aliphatic heterocycles. The van der Waals surface area contributed by atoms with Crippen LogP contribution in [-0.4, -0.2) is 21.6 Å². The van der Waals surface area contributed by atoms with E-state index in [0.717, 1.165) is 29.9 Å². The largest absolute Gasteiger partial charge is 0.303 e. The summed E-state index contributed by atoms with van der Waals surface area (Å²) in [6, 6.07) is 1.92. The van der Waals surface area contributed by atoms with Crippen LogP contribution in [0.3, 0.4) is 0 Å². The van der Waals surface area contributed by atoms with Gasteiger partial charge in [-0.1, -0.05) is 24.3 Å². The maximum atomic E-state index is 11.8. The first kappa shape index (κ1) is 15.8. The Morgan fingerprint density at radius 3 is 2.76 bits per heavy atom. The number of hydrazine groups is 1. The third-order valence-electron chi connectivity index (χ3n) is 3.20. The molecule has 0 saturated carbocycles. The van der Waals surface area contributed by atoms with E-state index in [4.69, 9.17) is 0 Å². The van der Waals surface area contributed by atoms with Crippen molar-refractivity contribution < 1.29 is 4.79 Å². The highest BCUT2D eigenvalue weighted by Crippen LogP contribution is 2.15. The van der Waals surface area contributed by atoms with E-state index in [1.807, 2.05) is 19.9 Å². The normalized spacial score (nSPS) is 15.0. The fraction of sp³-hybridized carbons (Fsp3) is 0.533. The van der Waals surface area contributed by atoms with Crippen LogP contribution in [0.25, 0.3) is 0 Å². The Bertz CT molecular complexity index is 510. The molecule has 1 aromatic rings. The van der Waals surface area contributed by atoms with E-state index in [0.29, 0.717) is 10.9 Å². The quantitative estimate of drug-likeness (QED) is 0.497. The fourth-order valence-electron chi connectivity index (χ4n) is 2.20. The summed E-state index contributed by atoms with van der Waals surface area (Å²) in [5.41, 5.74) is 8.74. The molecule has 114 valence electrons. The fourth-order valence-corrected chi connectivity index (χ4v) is 2.95. The highest BCUT2D eigenvalue weighted by molar-refractivity contribution is 7.99. The van der Waals surface area contributed by atoms with Crippen LogP contribution in [0.1, 0.15) is 43.5 Å². The van der Waals surface area contributed by atoms with Crippen molar-refractivity contribution in [3.05, 3.63) is 29.2 Å². The number of rotatable bonds is 5. The molecule has 0 fully saturated rings. The van der Waals surface area contributed by atoms with Crippen molar-refractivity contribution in [2.24, 2.45) is 0 Å². The van der Waals surface area contributed by atoms with Gasteiger partial charge in [0.05, 0.1) is 5.75 Å². The molecule has 5 nitrogen and oxygen atoms in total. The minimum absolute atomic E-state index is 0.0621. The van der Waals surface area contributed by atoms with Crippen LogP contribution in [0, 0.1) is 13.8 Å². The molecule has 1 amide bonds. The molecule has 2 rings (SSSR count). The number of aryl methyl sites for hydroxylation is 2. The van der Waals surface area contributed by atoms with E-state index in [2.05, 4.69) is 26.9 Å². The van der Waals surface area contributed by atoms with Crippen molar-refractivity contribution in [1.82, 2.24) is 20.8 Å². The molecule has 1 aliphatic rings. The van der Waals surface area contributed by atoms with Gasteiger partial charge in [0.15, 0.2) is 5.16 Å². The van der Waals surface area contributed by atoms with Gasteiger partial charge in [-0.05, 0) is 45.6 Å². The van der Waals surface area contributed by atoms with Gasteiger partial charge in [0, 0.05) is 17.1 Å². The molecule has 0 aromatic carbocycles. The summed E-state index contributed by atoms with van der Waals surface area (Å²) < 4.78 is 0. The Hall–Kier alpha value is -1.56. The van der Waals surface area contributed by atoms with Gasteiger partial charge >= 0.3 is 0 Å². The first-order chi connectivity index (χ1) is 10.1. The number of hydrogen-bond donors (Lipinski definition) is 2. The van der Waals surface area contributed by atoms with Crippen LogP contribution < -0.4 is 10.9 Å². The molecule has 0 spiro atoms. The van der Waals surface area contributed by atoms with Gasteiger partial charge in [-0.2, -0.15) is 0 Å². The molecule has 0 saturated heterocycles. The van der Waals surface area contributed by atoms with E-state index in [1.54, 1.807) is 0 Å². The predicted molar refractivity (Wildman–Crippen MR) is 84.7 cm³/mol. The lowest BCUT2D eigenvalue weighted by Gasteiger charge is -2.10. The van der Waals surface area contributed by atoms with Gasteiger partial charge in [0.25, 0.3) is 0 Å². The zero-order valence-corrected chi connectivity index (χ0v) is 13.4. The molecular formula is C15H22N4OS. The topological polar surface area (TPSA) is 66.9 Å². The number of carbonyl (C=O) groups is 1. The zero-order chi connectivity index (χ0) is 15.1. The Labute approximate surface area is 130 Å². The predicted octanol–water partition coefficient (Wildman–Crippen LogP) is 2.65. The molecule has 0 radical (unpaired) electrons. The van der Waals surface area contributed by atoms with E-state index in [-0.39, 0.29) is 5.91 Å². The van der Waals surface area contributed by atoms with Crippen LogP contribution in [0.4, 0.5) is 0 Å². The molecular weight excluding hydrogens is 284 g/mol. The van der Waals surface area contributed by atoms with Crippen molar-refractivity contribution in [1.29, 1.82) is 0 Å². The second-order valence-electron chi connectivity index (χ2n) is 5.22. The van der Waals surface area contributed by atoms with Gasteiger partial charge < -0.3 is 5.43 Å². The molecule has 21 heavy (non-hydrogen) atoms. The lowest BCUT2D eigenvalue weighted by Crippen LogP contribution is -2.37. The minimum atomic E-state index is -0.0621. The van der Waals surface area contributed by atoms with Crippen molar-refractivity contribution in [2.45, 2.75) is 51.1 Å². The summed E-state index contributed by atoms with van der Waals surface area (Å²) in [4.78, 5) is 20.5. The first-order valence-corrected chi connectivity index (χ1v) is 8.31. The van der Waals surface area contributed by atoms with Gasteiger partial charge in [0.2, 0.25) is 5.91 Å². The number of aromatic nitrogens is 2. The second-order valence-corrected chi connectivity index (χ2v) is 6.17. The van der Waals surface area contributed by atoms with Gasteiger partial charge in [-0.15, -0.1) is 0 Å².